The molecule has 1 aliphatic rings. The average Bonchev–Trinajstić information content (AvgIpc) is 2.50. The van der Waals surface area contributed by atoms with E-state index in [-0.39, 0.29) is 0 Å². The van der Waals surface area contributed by atoms with Gasteiger partial charge in [-0.05, 0) is 26.2 Å². The van der Waals surface area contributed by atoms with Crippen LogP contribution in [0.4, 0.5) is 0 Å². The first-order chi connectivity index (χ1) is 6.68. The molecule has 1 fully saturated rings. The highest BCUT2D eigenvalue weighted by molar-refractivity contribution is 4.87. The van der Waals surface area contributed by atoms with Gasteiger partial charge in [0, 0.05) is 18.6 Å². The van der Waals surface area contributed by atoms with E-state index < -0.39 is 0 Å². The summed E-state index contributed by atoms with van der Waals surface area (Å²) in [6.07, 6.45) is 3.48. The van der Waals surface area contributed by atoms with Crippen LogP contribution in [0.15, 0.2) is 12.2 Å². The Kier molecular flexibility index (Phi) is 5.15. The predicted molar refractivity (Wildman–Crippen MR) is 59.3 cm³/mol. The van der Waals surface area contributed by atoms with Gasteiger partial charge in [-0.1, -0.05) is 12.2 Å². The second-order valence-corrected chi connectivity index (χ2v) is 4.23. The zero-order valence-electron chi connectivity index (χ0n) is 9.09. The summed E-state index contributed by atoms with van der Waals surface area (Å²) in [6, 6.07) is 1.02. The summed E-state index contributed by atoms with van der Waals surface area (Å²) in [5.41, 5.74) is 6.89. The average molecular weight is 198 g/mol. The molecule has 0 bridgehead atoms. The Morgan fingerprint density at radius 2 is 2.36 bits per heavy atom. The lowest BCUT2D eigenvalue weighted by Crippen LogP contribution is -2.31. The molecule has 0 heterocycles. The van der Waals surface area contributed by atoms with E-state index in [2.05, 4.69) is 11.9 Å². The zero-order valence-corrected chi connectivity index (χ0v) is 9.09. The lowest BCUT2D eigenvalue weighted by molar-refractivity contribution is 0.155. The molecule has 2 atom stereocenters. The van der Waals surface area contributed by atoms with Gasteiger partial charge in [-0.25, -0.2) is 0 Å². The van der Waals surface area contributed by atoms with Crippen LogP contribution < -0.4 is 11.1 Å². The van der Waals surface area contributed by atoms with E-state index in [9.17, 15) is 0 Å². The molecule has 0 aromatic rings. The quantitative estimate of drug-likeness (QED) is 0.495. The fourth-order valence-electron chi connectivity index (χ4n) is 1.78. The summed E-state index contributed by atoms with van der Waals surface area (Å²) in [5, 5.41) is 3.45. The summed E-state index contributed by atoms with van der Waals surface area (Å²) in [5.74, 6) is 0. The van der Waals surface area contributed by atoms with E-state index in [1.54, 1.807) is 0 Å². The molecule has 14 heavy (non-hydrogen) atoms. The summed E-state index contributed by atoms with van der Waals surface area (Å²) in [6.45, 7) is 8.11. The van der Waals surface area contributed by atoms with Crippen LogP contribution in [0.3, 0.4) is 0 Å². The molecule has 0 spiro atoms. The molecule has 3 N–H and O–H groups in total. The van der Waals surface area contributed by atoms with Crippen molar-refractivity contribution in [2.24, 2.45) is 5.73 Å². The number of rotatable bonds is 6. The van der Waals surface area contributed by atoms with Gasteiger partial charge in [0.15, 0.2) is 0 Å². The smallest absolute Gasteiger partial charge is 0.0672 e. The highest BCUT2D eigenvalue weighted by Gasteiger charge is 2.20. The van der Waals surface area contributed by atoms with E-state index in [0.717, 1.165) is 31.6 Å². The van der Waals surface area contributed by atoms with Gasteiger partial charge < -0.3 is 15.8 Å². The standard InChI is InChI=1S/C11H22N2O/c1-9(2)8-14-6-5-13-11-4-3-10(12)7-11/h10-11,13H,1,3-8,12H2,2H3. The maximum atomic E-state index is 5.81. The molecule has 1 rings (SSSR count). The van der Waals surface area contributed by atoms with E-state index in [0.29, 0.717) is 18.7 Å². The Labute approximate surface area is 86.7 Å². The first-order valence-electron chi connectivity index (χ1n) is 5.39. The van der Waals surface area contributed by atoms with Crippen molar-refractivity contribution in [2.45, 2.75) is 38.3 Å². The molecule has 1 aliphatic carbocycles. The third-order valence-electron chi connectivity index (χ3n) is 2.50. The molecule has 0 aromatic heterocycles. The minimum absolute atomic E-state index is 0.406. The molecule has 82 valence electrons. The van der Waals surface area contributed by atoms with Crippen molar-refractivity contribution in [3.05, 3.63) is 12.2 Å². The third-order valence-corrected chi connectivity index (χ3v) is 2.50. The zero-order chi connectivity index (χ0) is 10.4. The second-order valence-electron chi connectivity index (χ2n) is 4.23. The lowest BCUT2D eigenvalue weighted by Gasteiger charge is -2.12. The van der Waals surface area contributed by atoms with Crippen LogP contribution in [0.2, 0.25) is 0 Å². The number of ether oxygens (including phenoxy) is 1. The van der Waals surface area contributed by atoms with Gasteiger partial charge in [0.1, 0.15) is 0 Å². The topological polar surface area (TPSA) is 47.3 Å². The molecule has 0 radical (unpaired) electrons. The molecule has 0 aliphatic heterocycles. The highest BCUT2D eigenvalue weighted by Crippen LogP contribution is 2.16. The summed E-state index contributed by atoms with van der Waals surface area (Å²) in [4.78, 5) is 0. The SMILES string of the molecule is C=C(C)COCCNC1CCC(N)C1. The Bertz CT molecular complexity index is 182. The van der Waals surface area contributed by atoms with Crippen LogP contribution >= 0.6 is 0 Å². The van der Waals surface area contributed by atoms with Crippen LogP contribution in [0.25, 0.3) is 0 Å². The Balaban J connectivity index is 1.91. The van der Waals surface area contributed by atoms with Gasteiger partial charge in [0.25, 0.3) is 0 Å². The molecule has 1 saturated carbocycles. The maximum absolute atomic E-state index is 5.81. The summed E-state index contributed by atoms with van der Waals surface area (Å²) in [7, 11) is 0. The van der Waals surface area contributed by atoms with Crippen molar-refractivity contribution >= 4 is 0 Å². The van der Waals surface area contributed by atoms with Crippen molar-refractivity contribution in [3.63, 3.8) is 0 Å². The van der Waals surface area contributed by atoms with Gasteiger partial charge >= 0.3 is 0 Å². The van der Waals surface area contributed by atoms with Crippen molar-refractivity contribution in [3.8, 4) is 0 Å². The fourth-order valence-corrected chi connectivity index (χ4v) is 1.78. The van der Waals surface area contributed by atoms with Gasteiger partial charge in [-0.15, -0.1) is 0 Å². The van der Waals surface area contributed by atoms with Gasteiger partial charge in [-0.2, -0.15) is 0 Å². The van der Waals surface area contributed by atoms with Crippen molar-refractivity contribution in [1.82, 2.24) is 5.32 Å². The van der Waals surface area contributed by atoms with Crippen LogP contribution in [0.5, 0.6) is 0 Å². The molecule has 3 heteroatoms. The van der Waals surface area contributed by atoms with Crippen LogP contribution in [0.1, 0.15) is 26.2 Å². The van der Waals surface area contributed by atoms with Crippen molar-refractivity contribution in [1.29, 1.82) is 0 Å². The number of nitrogens with one attached hydrogen (secondary N) is 1. The molecule has 3 nitrogen and oxygen atoms in total. The van der Waals surface area contributed by atoms with Gasteiger partial charge in [-0.3, -0.25) is 0 Å². The van der Waals surface area contributed by atoms with Crippen LogP contribution in [-0.4, -0.2) is 31.8 Å². The first-order valence-corrected chi connectivity index (χ1v) is 5.39. The van der Waals surface area contributed by atoms with E-state index in [1.807, 2.05) is 6.92 Å². The van der Waals surface area contributed by atoms with Gasteiger partial charge in [0.2, 0.25) is 0 Å². The molecule has 0 amide bonds. The molecular weight excluding hydrogens is 176 g/mol. The summed E-state index contributed by atoms with van der Waals surface area (Å²) >= 11 is 0. The van der Waals surface area contributed by atoms with E-state index in [1.165, 1.54) is 6.42 Å². The summed E-state index contributed by atoms with van der Waals surface area (Å²) < 4.78 is 5.39. The van der Waals surface area contributed by atoms with Gasteiger partial charge in [0.05, 0.1) is 13.2 Å². The third kappa shape index (κ3) is 4.74. The molecular formula is C11H22N2O. The first kappa shape index (κ1) is 11.7. The highest BCUT2D eigenvalue weighted by atomic mass is 16.5. The monoisotopic (exact) mass is 198 g/mol. The number of hydrogen-bond acceptors (Lipinski definition) is 3. The molecule has 2 unspecified atom stereocenters. The Morgan fingerprint density at radius 1 is 1.57 bits per heavy atom. The van der Waals surface area contributed by atoms with E-state index in [4.69, 9.17) is 10.5 Å². The van der Waals surface area contributed by atoms with Crippen LogP contribution in [0, 0.1) is 0 Å². The fraction of sp³-hybridized carbons (Fsp3) is 0.818. The maximum Gasteiger partial charge on any atom is 0.0672 e. The number of nitrogens with two attached hydrogens (primary N) is 1. The minimum Gasteiger partial charge on any atom is -0.376 e. The van der Waals surface area contributed by atoms with Crippen LogP contribution in [-0.2, 0) is 4.74 Å². The largest absolute Gasteiger partial charge is 0.376 e. The Morgan fingerprint density at radius 3 is 2.93 bits per heavy atom. The van der Waals surface area contributed by atoms with E-state index >= 15 is 0 Å². The normalized spacial score (nSPS) is 26.7. The predicted octanol–water partition coefficient (Wildman–Crippen LogP) is 1.05. The minimum atomic E-state index is 0.406. The number of hydrogen-bond donors (Lipinski definition) is 2. The van der Waals surface area contributed by atoms with Crippen molar-refractivity contribution < 1.29 is 4.74 Å². The lowest BCUT2D eigenvalue weighted by atomic mass is 10.2. The Hall–Kier alpha value is -0.380. The molecule has 0 aromatic carbocycles. The van der Waals surface area contributed by atoms with Crippen molar-refractivity contribution in [2.75, 3.05) is 19.8 Å². The second kappa shape index (κ2) is 6.17. The molecule has 0 saturated heterocycles.